The monoisotopic (exact) mass is 297 g/mol. The molecule has 7 nitrogen and oxygen atoms in total. The number of aliphatic hydroxyl groups is 2. The second-order valence-electron chi connectivity index (χ2n) is 4.17. The summed E-state index contributed by atoms with van der Waals surface area (Å²) >= 11 is 1.10. The van der Waals surface area contributed by atoms with Crippen molar-refractivity contribution in [2.75, 3.05) is 31.2 Å². The van der Waals surface area contributed by atoms with Gasteiger partial charge in [-0.1, -0.05) is 0 Å². The fourth-order valence-corrected chi connectivity index (χ4v) is 3.04. The molecule has 0 radical (unpaired) electrons. The largest absolute Gasteiger partial charge is 0.477 e. The third-order valence-corrected chi connectivity index (χ3v) is 4.13. The summed E-state index contributed by atoms with van der Waals surface area (Å²) in [5, 5.41) is 28.0. The molecule has 0 unspecified atom stereocenters. The summed E-state index contributed by atoms with van der Waals surface area (Å²) in [6, 6.07) is 0. The maximum absolute atomic E-state index is 11.2. The first-order valence-corrected chi connectivity index (χ1v) is 6.85. The van der Waals surface area contributed by atoms with Gasteiger partial charge in [0.05, 0.1) is 18.6 Å². The lowest BCUT2D eigenvalue weighted by molar-refractivity contribution is 0.0701. The smallest absolute Gasteiger partial charge is 0.346 e. The van der Waals surface area contributed by atoms with Crippen molar-refractivity contribution in [3.8, 4) is 0 Å². The summed E-state index contributed by atoms with van der Waals surface area (Å²) in [5.41, 5.74) is 0.606. The molecule has 3 N–H and O–H groups in total. The highest BCUT2D eigenvalue weighted by molar-refractivity contribution is 7.20. The normalized spacial score (nSPS) is 10.9. The van der Waals surface area contributed by atoms with E-state index in [1.54, 1.807) is 11.8 Å². The zero-order valence-electron chi connectivity index (χ0n) is 10.9. The van der Waals surface area contributed by atoms with Gasteiger partial charge in [-0.05, 0) is 12.5 Å². The number of fused-ring (bicyclic) bond motifs is 1. The first-order valence-electron chi connectivity index (χ1n) is 6.04. The SMILES string of the molecule is Cc1c(C(=O)O)sc2ncnc(N(CCO)CCO)c12. The van der Waals surface area contributed by atoms with Crippen molar-refractivity contribution in [2.45, 2.75) is 6.92 Å². The Kier molecular flexibility index (Phi) is 4.48. The van der Waals surface area contributed by atoms with Crippen LogP contribution in [0.3, 0.4) is 0 Å². The number of carboxylic acid groups (broad SMARTS) is 1. The van der Waals surface area contributed by atoms with E-state index in [1.165, 1.54) is 6.33 Å². The lowest BCUT2D eigenvalue weighted by atomic mass is 10.2. The molecule has 2 rings (SSSR count). The Morgan fingerprint density at radius 3 is 2.50 bits per heavy atom. The van der Waals surface area contributed by atoms with Crippen LogP contribution in [-0.4, -0.2) is 57.6 Å². The molecule has 8 heteroatoms. The highest BCUT2D eigenvalue weighted by Gasteiger charge is 2.21. The second-order valence-corrected chi connectivity index (χ2v) is 5.17. The van der Waals surface area contributed by atoms with Crippen molar-refractivity contribution in [1.82, 2.24) is 9.97 Å². The molecule has 0 bridgehead atoms. The molecule has 0 spiro atoms. The Morgan fingerprint density at radius 1 is 1.30 bits per heavy atom. The van der Waals surface area contributed by atoms with Crippen molar-refractivity contribution in [1.29, 1.82) is 0 Å². The minimum atomic E-state index is -0.993. The summed E-state index contributed by atoms with van der Waals surface area (Å²) in [6.45, 7) is 2.17. The van der Waals surface area contributed by atoms with Gasteiger partial charge in [0.1, 0.15) is 21.9 Å². The van der Waals surface area contributed by atoms with Gasteiger partial charge in [0.25, 0.3) is 0 Å². The van der Waals surface area contributed by atoms with Gasteiger partial charge < -0.3 is 20.2 Å². The van der Waals surface area contributed by atoms with Crippen LogP contribution < -0.4 is 4.90 Å². The van der Waals surface area contributed by atoms with E-state index in [0.717, 1.165) is 11.3 Å². The molecule has 0 saturated heterocycles. The molecule has 2 aromatic rings. The van der Waals surface area contributed by atoms with Gasteiger partial charge >= 0.3 is 5.97 Å². The van der Waals surface area contributed by atoms with Crippen LogP contribution in [0, 0.1) is 6.92 Å². The molecule has 108 valence electrons. The van der Waals surface area contributed by atoms with Crippen molar-refractivity contribution < 1.29 is 20.1 Å². The van der Waals surface area contributed by atoms with Gasteiger partial charge in [-0.2, -0.15) is 0 Å². The molecule has 2 aromatic heterocycles. The quantitative estimate of drug-likeness (QED) is 0.712. The van der Waals surface area contributed by atoms with Crippen LogP contribution >= 0.6 is 11.3 Å². The molecule has 0 aromatic carbocycles. The molecule has 0 amide bonds. The first kappa shape index (κ1) is 14.6. The Hall–Kier alpha value is -1.77. The predicted octanol–water partition coefficient (Wildman–Crippen LogP) is 0.489. The lowest BCUT2D eigenvalue weighted by Crippen LogP contribution is -2.30. The van der Waals surface area contributed by atoms with Gasteiger partial charge in [-0.3, -0.25) is 0 Å². The van der Waals surface area contributed by atoms with E-state index >= 15 is 0 Å². The number of aromatic nitrogens is 2. The van der Waals surface area contributed by atoms with Crippen LogP contribution in [0.1, 0.15) is 15.2 Å². The van der Waals surface area contributed by atoms with E-state index in [-0.39, 0.29) is 18.1 Å². The van der Waals surface area contributed by atoms with Crippen molar-refractivity contribution in [3.05, 3.63) is 16.8 Å². The molecular weight excluding hydrogens is 282 g/mol. The molecule has 0 aliphatic heterocycles. The van der Waals surface area contributed by atoms with Crippen LogP contribution in [0.5, 0.6) is 0 Å². The van der Waals surface area contributed by atoms with E-state index in [9.17, 15) is 9.90 Å². The molecule has 0 saturated carbocycles. The molecule has 2 heterocycles. The minimum Gasteiger partial charge on any atom is -0.477 e. The van der Waals surface area contributed by atoms with E-state index in [1.807, 2.05) is 0 Å². The van der Waals surface area contributed by atoms with Gasteiger partial charge in [0, 0.05) is 13.1 Å². The highest BCUT2D eigenvalue weighted by atomic mass is 32.1. The highest BCUT2D eigenvalue weighted by Crippen LogP contribution is 2.34. The van der Waals surface area contributed by atoms with Gasteiger partial charge in [0.2, 0.25) is 0 Å². The topological polar surface area (TPSA) is 107 Å². The third-order valence-electron chi connectivity index (χ3n) is 2.94. The molecular formula is C12H15N3O4S. The number of aliphatic hydroxyl groups excluding tert-OH is 2. The number of hydrogen-bond acceptors (Lipinski definition) is 7. The predicted molar refractivity (Wildman–Crippen MR) is 75.5 cm³/mol. The third kappa shape index (κ3) is 2.58. The van der Waals surface area contributed by atoms with Crippen LogP contribution in [0.2, 0.25) is 0 Å². The van der Waals surface area contributed by atoms with Gasteiger partial charge in [-0.15, -0.1) is 11.3 Å². The molecule has 0 fully saturated rings. The summed E-state index contributed by atoms with van der Waals surface area (Å²) in [7, 11) is 0. The number of nitrogens with zero attached hydrogens (tertiary/aromatic N) is 3. The number of aromatic carboxylic acids is 1. The van der Waals surface area contributed by atoms with Gasteiger partial charge in [-0.25, -0.2) is 14.8 Å². The molecule has 0 aliphatic carbocycles. The maximum atomic E-state index is 11.2. The average molecular weight is 297 g/mol. The van der Waals surface area contributed by atoms with Crippen LogP contribution in [0.25, 0.3) is 10.2 Å². The van der Waals surface area contributed by atoms with E-state index in [4.69, 9.17) is 10.2 Å². The van der Waals surface area contributed by atoms with Gasteiger partial charge in [0.15, 0.2) is 0 Å². The number of hydrogen-bond donors (Lipinski definition) is 3. The average Bonchev–Trinajstić information content (AvgIpc) is 2.76. The van der Waals surface area contributed by atoms with Crippen molar-refractivity contribution in [3.63, 3.8) is 0 Å². The Bertz CT molecular complexity index is 622. The van der Waals surface area contributed by atoms with Crippen molar-refractivity contribution in [2.24, 2.45) is 0 Å². The first-order chi connectivity index (χ1) is 9.60. The molecule has 0 atom stereocenters. The Balaban J connectivity index is 2.60. The van der Waals surface area contributed by atoms with E-state index in [2.05, 4.69) is 9.97 Å². The number of rotatable bonds is 6. The Morgan fingerprint density at radius 2 is 1.95 bits per heavy atom. The minimum absolute atomic E-state index is 0.0829. The van der Waals surface area contributed by atoms with Crippen molar-refractivity contribution >= 4 is 33.3 Å². The molecule has 20 heavy (non-hydrogen) atoms. The standard InChI is InChI=1S/C12H15N3O4S/c1-7-8-10(15(2-4-16)3-5-17)13-6-14-11(8)20-9(7)12(18)19/h6,16-17H,2-5H2,1H3,(H,18,19). The van der Waals surface area contributed by atoms with E-state index < -0.39 is 5.97 Å². The van der Waals surface area contributed by atoms with Crippen LogP contribution in [-0.2, 0) is 0 Å². The fraction of sp³-hybridized carbons (Fsp3) is 0.417. The number of anilines is 1. The zero-order chi connectivity index (χ0) is 14.7. The summed E-state index contributed by atoms with van der Waals surface area (Å²) in [6.07, 6.45) is 1.36. The summed E-state index contributed by atoms with van der Waals surface area (Å²) in [5.74, 6) is -0.452. The van der Waals surface area contributed by atoms with Crippen LogP contribution in [0.4, 0.5) is 5.82 Å². The van der Waals surface area contributed by atoms with Crippen LogP contribution in [0.15, 0.2) is 6.33 Å². The summed E-state index contributed by atoms with van der Waals surface area (Å²) in [4.78, 5) is 22.0. The summed E-state index contributed by atoms with van der Waals surface area (Å²) < 4.78 is 0. The molecule has 0 aliphatic rings. The second kappa shape index (κ2) is 6.12. The number of carbonyl (C=O) groups is 1. The number of aryl methyl sites for hydroxylation is 1. The Labute approximate surface area is 119 Å². The number of carboxylic acids is 1. The van der Waals surface area contributed by atoms with E-state index in [0.29, 0.717) is 34.7 Å². The zero-order valence-corrected chi connectivity index (χ0v) is 11.7. The fourth-order valence-electron chi connectivity index (χ4n) is 2.06. The maximum Gasteiger partial charge on any atom is 0.346 e. The number of thiophene rings is 1. The lowest BCUT2D eigenvalue weighted by Gasteiger charge is -2.22.